The number of morpholine rings is 1. The Morgan fingerprint density at radius 3 is 2.77 bits per heavy atom. The maximum atomic E-state index is 16.3. The van der Waals surface area contributed by atoms with Gasteiger partial charge in [-0.15, -0.1) is 0 Å². The topological polar surface area (TPSA) is 161 Å². The molecule has 0 radical (unpaired) electrons. The fourth-order valence-electron chi connectivity index (χ4n) is 5.97. The molecule has 0 unspecified atom stereocenters. The second-order valence-electron chi connectivity index (χ2n) is 9.93. The maximum absolute atomic E-state index is 16.3. The molecule has 0 aliphatic carbocycles. The van der Waals surface area contributed by atoms with Crippen LogP contribution in [0.25, 0.3) is 22.4 Å². The molecule has 1 aromatic carbocycles. The van der Waals surface area contributed by atoms with Crippen LogP contribution < -0.4 is 20.9 Å². The van der Waals surface area contributed by atoms with Gasteiger partial charge in [0.05, 0.1) is 41.6 Å². The van der Waals surface area contributed by atoms with Crippen molar-refractivity contribution in [2.24, 2.45) is 5.41 Å². The lowest BCUT2D eigenvalue weighted by atomic mass is 9.66. The molecule has 39 heavy (non-hydrogen) atoms. The van der Waals surface area contributed by atoms with Crippen LogP contribution in [-0.2, 0) is 25.5 Å². The van der Waals surface area contributed by atoms with E-state index in [0.717, 1.165) is 0 Å². The van der Waals surface area contributed by atoms with Crippen molar-refractivity contribution in [3.63, 3.8) is 0 Å². The lowest BCUT2D eigenvalue weighted by Gasteiger charge is -2.55. The third-order valence-electron chi connectivity index (χ3n) is 7.45. The van der Waals surface area contributed by atoms with Gasteiger partial charge in [0.2, 0.25) is 23.3 Å². The Kier molecular flexibility index (Phi) is 5.95. The summed E-state index contributed by atoms with van der Waals surface area (Å²) in [4.78, 5) is 49.0. The standard InChI is InChI=1S/C25H26FN7O6/c1-11-10-33-18-13(9-25(20(33)12(2)38-11)21(34)30-24(36)31-22(25)35)8-14-17(32-39-19(14)16(18)26)15-4-5-27-23(29-15)28-6-7-37-3/h4-5,8,11-12,20H,6-7,9-10H2,1-3H3,(H,27,28,29)(H2,30,31,34,35,36)/t11-,12+,20-/m1/s1. The fraction of sp³-hybridized carbons (Fsp3) is 0.440. The Labute approximate surface area is 221 Å². The smallest absolute Gasteiger partial charge is 0.328 e. The highest BCUT2D eigenvalue weighted by atomic mass is 19.1. The molecule has 204 valence electrons. The number of methoxy groups -OCH3 is 1. The summed E-state index contributed by atoms with van der Waals surface area (Å²) in [5, 5.41) is 11.9. The summed E-state index contributed by atoms with van der Waals surface area (Å²) in [6.45, 7) is 4.70. The zero-order valence-electron chi connectivity index (χ0n) is 21.4. The quantitative estimate of drug-likeness (QED) is 0.317. The first-order valence-electron chi connectivity index (χ1n) is 12.5. The molecule has 6 rings (SSSR count). The number of fused-ring (bicyclic) bond motifs is 5. The van der Waals surface area contributed by atoms with Crippen molar-refractivity contribution < 1.29 is 32.8 Å². The molecule has 2 fully saturated rings. The molecule has 1 spiro atoms. The lowest BCUT2D eigenvalue weighted by Crippen LogP contribution is -2.75. The van der Waals surface area contributed by atoms with Crippen molar-refractivity contribution in [1.82, 2.24) is 25.8 Å². The second-order valence-corrected chi connectivity index (χ2v) is 9.93. The predicted octanol–water partition coefficient (Wildman–Crippen LogP) is 1.37. The zero-order valence-corrected chi connectivity index (χ0v) is 21.4. The van der Waals surface area contributed by atoms with E-state index in [1.54, 1.807) is 31.1 Å². The number of urea groups is 1. The SMILES string of the molecule is COCCNc1nccc(-c2noc3c(F)c4c(cc23)CC2(C(=O)NC(=O)NC2=O)[C@H]2[C@H](C)O[C@H](C)CN42)n1. The van der Waals surface area contributed by atoms with Gasteiger partial charge in [-0.3, -0.25) is 20.2 Å². The van der Waals surface area contributed by atoms with Crippen LogP contribution in [0.15, 0.2) is 22.9 Å². The van der Waals surface area contributed by atoms with Gasteiger partial charge in [-0.25, -0.2) is 19.2 Å². The Bertz CT molecular complexity index is 1490. The number of ether oxygens (including phenoxy) is 2. The first-order valence-corrected chi connectivity index (χ1v) is 12.5. The third-order valence-corrected chi connectivity index (χ3v) is 7.45. The summed E-state index contributed by atoms with van der Waals surface area (Å²) >= 11 is 0. The van der Waals surface area contributed by atoms with Crippen molar-refractivity contribution in [3.8, 4) is 11.4 Å². The van der Waals surface area contributed by atoms with E-state index in [1.807, 2.05) is 6.92 Å². The Balaban J connectivity index is 1.50. The van der Waals surface area contributed by atoms with Crippen LogP contribution >= 0.6 is 0 Å². The molecule has 2 saturated heterocycles. The average Bonchev–Trinajstić information content (AvgIpc) is 3.31. The van der Waals surface area contributed by atoms with Crippen molar-refractivity contribution in [3.05, 3.63) is 29.7 Å². The molecule has 3 atom stereocenters. The summed E-state index contributed by atoms with van der Waals surface area (Å²) in [5.41, 5.74) is -0.537. The number of benzene rings is 1. The van der Waals surface area contributed by atoms with Crippen LogP contribution in [-0.4, -0.2) is 78.0 Å². The number of hydrogen-bond donors (Lipinski definition) is 3. The molecule has 0 saturated carbocycles. The van der Waals surface area contributed by atoms with E-state index in [1.165, 1.54) is 6.20 Å². The van der Waals surface area contributed by atoms with Gasteiger partial charge in [-0.1, -0.05) is 5.16 Å². The largest absolute Gasteiger partial charge is 0.383 e. The zero-order chi connectivity index (χ0) is 27.5. The molecule has 3 aliphatic heterocycles. The van der Waals surface area contributed by atoms with Crippen molar-refractivity contribution in [2.75, 3.05) is 37.0 Å². The highest BCUT2D eigenvalue weighted by molar-refractivity contribution is 6.20. The summed E-state index contributed by atoms with van der Waals surface area (Å²) in [6, 6.07) is 1.52. The highest BCUT2D eigenvalue weighted by Gasteiger charge is 2.63. The van der Waals surface area contributed by atoms with Gasteiger partial charge >= 0.3 is 6.03 Å². The molecular formula is C25H26FN7O6. The first kappa shape index (κ1) is 25.1. The molecule has 0 bridgehead atoms. The van der Waals surface area contributed by atoms with E-state index >= 15 is 4.39 Å². The Hall–Kier alpha value is -4.17. The van der Waals surface area contributed by atoms with Gasteiger partial charge in [-0.2, -0.15) is 0 Å². The fourth-order valence-corrected chi connectivity index (χ4v) is 5.97. The van der Waals surface area contributed by atoms with E-state index in [9.17, 15) is 14.4 Å². The third kappa shape index (κ3) is 3.81. The average molecular weight is 540 g/mol. The number of nitrogens with zero attached hydrogens (tertiary/aromatic N) is 4. The van der Waals surface area contributed by atoms with Crippen LogP contribution in [0, 0.1) is 11.2 Å². The Morgan fingerprint density at radius 2 is 2.03 bits per heavy atom. The summed E-state index contributed by atoms with van der Waals surface area (Å²) in [5.74, 6) is -1.84. The summed E-state index contributed by atoms with van der Waals surface area (Å²) < 4.78 is 32.8. The highest BCUT2D eigenvalue weighted by Crippen LogP contribution is 2.49. The number of amides is 4. The predicted molar refractivity (Wildman–Crippen MR) is 134 cm³/mol. The summed E-state index contributed by atoms with van der Waals surface area (Å²) in [7, 11) is 1.58. The number of aromatic nitrogens is 3. The summed E-state index contributed by atoms with van der Waals surface area (Å²) in [6.07, 6.45) is 0.427. The van der Waals surface area contributed by atoms with Gasteiger partial charge in [0.1, 0.15) is 5.69 Å². The van der Waals surface area contributed by atoms with Gasteiger partial charge in [0.25, 0.3) is 0 Å². The number of halogens is 1. The molecule has 3 N–H and O–H groups in total. The number of hydrogen-bond acceptors (Lipinski definition) is 11. The normalized spacial score (nSPS) is 23.8. The molecule has 3 aromatic rings. The number of imide groups is 2. The number of carbonyl (C=O) groups is 3. The van der Waals surface area contributed by atoms with Gasteiger partial charge < -0.3 is 24.2 Å². The molecular weight excluding hydrogens is 513 g/mol. The monoisotopic (exact) mass is 539 g/mol. The number of barbiturate groups is 1. The van der Waals surface area contributed by atoms with Gasteiger partial charge in [-0.05, 0) is 31.5 Å². The van der Waals surface area contributed by atoms with Crippen LogP contribution in [0.1, 0.15) is 19.4 Å². The van der Waals surface area contributed by atoms with Crippen LogP contribution in [0.5, 0.6) is 0 Å². The molecule has 4 amide bonds. The van der Waals surface area contributed by atoms with Crippen molar-refractivity contribution >= 4 is 40.5 Å². The first-order chi connectivity index (χ1) is 18.7. The van der Waals surface area contributed by atoms with E-state index < -0.39 is 41.2 Å². The van der Waals surface area contributed by atoms with Crippen LogP contribution in [0.4, 0.5) is 20.8 Å². The maximum Gasteiger partial charge on any atom is 0.328 e. The number of rotatable bonds is 5. The lowest BCUT2D eigenvalue weighted by molar-refractivity contribution is -0.153. The minimum atomic E-state index is -1.73. The van der Waals surface area contributed by atoms with Gasteiger partial charge in [0, 0.05) is 32.8 Å². The molecule has 13 nitrogen and oxygen atoms in total. The van der Waals surface area contributed by atoms with E-state index in [-0.39, 0.29) is 36.0 Å². The van der Waals surface area contributed by atoms with Crippen LogP contribution in [0.3, 0.4) is 0 Å². The van der Waals surface area contributed by atoms with Crippen molar-refractivity contribution in [2.45, 2.75) is 38.5 Å². The van der Waals surface area contributed by atoms with Gasteiger partial charge in [0.15, 0.2) is 11.2 Å². The molecule has 2 aromatic heterocycles. The molecule has 14 heteroatoms. The minimum Gasteiger partial charge on any atom is -0.383 e. The van der Waals surface area contributed by atoms with E-state index in [0.29, 0.717) is 35.7 Å². The van der Waals surface area contributed by atoms with E-state index in [4.69, 9.17) is 14.0 Å². The molecule has 5 heterocycles. The second kappa shape index (κ2) is 9.24. The number of anilines is 2. The minimum absolute atomic E-state index is 0.0783. The number of carbonyl (C=O) groups excluding carboxylic acids is 3. The van der Waals surface area contributed by atoms with Crippen molar-refractivity contribution in [1.29, 1.82) is 0 Å². The van der Waals surface area contributed by atoms with Crippen LogP contribution in [0.2, 0.25) is 0 Å². The Morgan fingerprint density at radius 1 is 1.26 bits per heavy atom. The van der Waals surface area contributed by atoms with E-state index in [2.05, 4.69) is 31.1 Å². The molecule has 3 aliphatic rings. The number of nitrogens with one attached hydrogen (secondary N) is 3.